The third-order valence-corrected chi connectivity index (χ3v) is 16.6. The molecule has 0 aliphatic carbocycles. The zero-order chi connectivity index (χ0) is 58.5. The van der Waals surface area contributed by atoms with Crippen LogP contribution in [0, 0.1) is 0 Å². The molecule has 81 heavy (non-hydrogen) atoms. The molecule has 0 radical (unpaired) electrons. The number of esters is 3. The van der Waals surface area contributed by atoms with Gasteiger partial charge in [-0.25, -0.2) is 0 Å². The van der Waals surface area contributed by atoms with Gasteiger partial charge >= 0.3 is 17.9 Å². The summed E-state index contributed by atoms with van der Waals surface area (Å²) in [4.78, 5) is 38.3. The summed E-state index contributed by atoms with van der Waals surface area (Å²) in [5.74, 6) is -0.850. The lowest BCUT2D eigenvalue weighted by Gasteiger charge is -2.18. The molecule has 0 spiro atoms. The van der Waals surface area contributed by atoms with Gasteiger partial charge in [-0.05, 0) is 70.6 Å². The Labute approximate surface area is 506 Å². The van der Waals surface area contributed by atoms with Crippen LogP contribution in [0.2, 0.25) is 0 Å². The first kappa shape index (κ1) is 78.6. The molecule has 0 aromatic carbocycles. The number of hydrogen-bond acceptors (Lipinski definition) is 6. The van der Waals surface area contributed by atoms with Gasteiger partial charge in [-0.3, -0.25) is 14.4 Å². The van der Waals surface area contributed by atoms with Gasteiger partial charge < -0.3 is 14.2 Å². The molecule has 0 fully saturated rings. The highest BCUT2D eigenvalue weighted by atomic mass is 16.6. The first-order chi connectivity index (χ1) is 40.0. The molecule has 6 heteroatoms. The molecule has 0 N–H and O–H groups in total. The summed E-state index contributed by atoms with van der Waals surface area (Å²) in [7, 11) is 0. The van der Waals surface area contributed by atoms with Crippen molar-refractivity contribution in [1.29, 1.82) is 0 Å². The summed E-state index contributed by atoms with van der Waals surface area (Å²) in [5, 5.41) is 0. The molecule has 0 bridgehead atoms. The Hall–Kier alpha value is -2.37. The largest absolute Gasteiger partial charge is 0.462 e. The molecule has 0 saturated carbocycles. The SMILES string of the molecule is CCC/C=C\CCCCCCCC(=O)OCC(COC(=O)CCCCCCCCCCCCCCCCCCCCC/C=C\C/C=C\CCCCCCC)OC(=O)CCCCCCCCCCCCCCCCCCCCCCCC. The fourth-order valence-corrected chi connectivity index (χ4v) is 11.1. The minimum absolute atomic E-state index is 0.0687. The van der Waals surface area contributed by atoms with Crippen LogP contribution in [0.15, 0.2) is 36.5 Å². The first-order valence-corrected chi connectivity index (χ1v) is 36.5. The Kier molecular flexibility index (Phi) is 68.1. The van der Waals surface area contributed by atoms with E-state index in [9.17, 15) is 14.4 Å². The molecule has 1 atom stereocenters. The van der Waals surface area contributed by atoms with E-state index < -0.39 is 6.10 Å². The zero-order valence-electron chi connectivity index (χ0n) is 54.8. The predicted octanol–water partition coefficient (Wildman–Crippen LogP) is 25.1. The molecule has 0 saturated heterocycles. The Bertz CT molecular complexity index is 1350. The molecule has 0 rings (SSSR count). The first-order valence-electron chi connectivity index (χ1n) is 36.5. The van der Waals surface area contributed by atoms with Crippen LogP contribution in [-0.4, -0.2) is 37.2 Å². The molecule has 0 amide bonds. The van der Waals surface area contributed by atoms with Crippen molar-refractivity contribution in [2.45, 2.75) is 412 Å². The zero-order valence-corrected chi connectivity index (χ0v) is 54.8. The Morgan fingerprint density at radius 2 is 0.469 bits per heavy atom. The van der Waals surface area contributed by atoms with Crippen molar-refractivity contribution in [2.24, 2.45) is 0 Å². The molecule has 0 aliphatic rings. The topological polar surface area (TPSA) is 78.9 Å². The van der Waals surface area contributed by atoms with E-state index in [1.807, 2.05) is 0 Å². The van der Waals surface area contributed by atoms with E-state index in [0.717, 1.165) is 77.0 Å². The Morgan fingerprint density at radius 3 is 0.741 bits per heavy atom. The van der Waals surface area contributed by atoms with Crippen LogP contribution >= 0.6 is 0 Å². The number of carbonyl (C=O) groups excluding carboxylic acids is 3. The lowest BCUT2D eigenvalue weighted by atomic mass is 10.0. The minimum atomic E-state index is -0.772. The maximum absolute atomic E-state index is 12.9. The average Bonchev–Trinajstić information content (AvgIpc) is 3.47. The smallest absolute Gasteiger partial charge is 0.306 e. The van der Waals surface area contributed by atoms with E-state index in [2.05, 4.69) is 57.2 Å². The second-order valence-electron chi connectivity index (χ2n) is 24.9. The quantitative estimate of drug-likeness (QED) is 0.0261. The van der Waals surface area contributed by atoms with Crippen LogP contribution in [-0.2, 0) is 28.6 Å². The van der Waals surface area contributed by atoms with Gasteiger partial charge in [0.15, 0.2) is 6.10 Å². The van der Waals surface area contributed by atoms with Crippen molar-refractivity contribution in [1.82, 2.24) is 0 Å². The number of carbonyl (C=O) groups is 3. The van der Waals surface area contributed by atoms with E-state index in [0.29, 0.717) is 19.3 Å². The maximum atomic E-state index is 12.9. The standard InChI is InChI=1S/C75H140O6/c1-4-7-10-13-16-19-22-24-26-28-30-32-34-35-36-37-38-39-40-41-42-44-45-47-49-51-53-56-59-62-65-68-74(77)80-71-72(70-79-73(76)67-64-61-58-55-21-18-15-12-9-6-3)81-75(78)69-66-63-60-57-54-52-50-48-46-43-33-31-29-27-25-23-20-17-14-11-8-5-2/h12,15,22,24,28,30,72H,4-11,13-14,16-21,23,25-27,29,31-71H2,1-3H3/b15-12-,24-22-,30-28-. The van der Waals surface area contributed by atoms with Gasteiger partial charge in [0, 0.05) is 19.3 Å². The number of allylic oxidation sites excluding steroid dienone is 6. The van der Waals surface area contributed by atoms with Crippen LogP contribution in [0.3, 0.4) is 0 Å². The minimum Gasteiger partial charge on any atom is -0.462 e. The van der Waals surface area contributed by atoms with E-state index in [4.69, 9.17) is 14.2 Å². The third-order valence-electron chi connectivity index (χ3n) is 16.6. The van der Waals surface area contributed by atoms with Gasteiger partial charge in [0.25, 0.3) is 0 Å². The van der Waals surface area contributed by atoms with Gasteiger partial charge in [-0.2, -0.15) is 0 Å². The van der Waals surface area contributed by atoms with Crippen molar-refractivity contribution in [2.75, 3.05) is 13.2 Å². The number of ether oxygens (including phenoxy) is 3. The van der Waals surface area contributed by atoms with Crippen LogP contribution in [0.5, 0.6) is 0 Å². The molecule has 0 aromatic heterocycles. The summed E-state index contributed by atoms with van der Waals surface area (Å²) in [6.07, 6.45) is 87.8. The van der Waals surface area contributed by atoms with Crippen LogP contribution in [0.1, 0.15) is 406 Å². The maximum Gasteiger partial charge on any atom is 0.306 e. The fraction of sp³-hybridized carbons (Fsp3) is 0.880. The summed E-state index contributed by atoms with van der Waals surface area (Å²) in [6.45, 7) is 6.64. The molecular formula is C75H140O6. The monoisotopic (exact) mass is 1140 g/mol. The summed E-state index contributed by atoms with van der Waals surface area (Å²) >= 11 is 0. The van der Waals surface area contributed by atoms with Gasteiger partial charge in [-0.15, -0.1) is 0 Å². The highest BCUT2D eigenvalue weighted by Crippen LogP contribution is 2.19. The van der Waals surface area contributed by atoms with Crippen molar-refractivity contribution in [3.8, 4) is 0 Å². The van der Waals surface area contributed by atoms with E-state index in [-0.39, 0.29) is 31.1 Å². The summed E-state index contributed by atoms with van der Waals surface area (Å²) < 4.78 is 17.0. The highest BCUT2D eigenvalue weighted by molar-refractivity contribution is 5.71. The molecule has 0 aromatic rings. The average molecular weight is 1140 g/mol. The number of unbranched alkanes of at least 4 members (excludes halogenated alkanes) is 51. The molecule has 476 valence electrons. The summed E-state index contributed by atoms with van der Waals surface area (Å²) in [6, 6.07) is 0. The van der Waals surface area contributed by atoms with Gasteiger partial charge in [0.2, 0.25) is 0 Å². The normalized spacial score (nSPS) is 12.2. The third kappa shape index (κ3) is 68.3. The van der Waals surface area contributed by atoms with Crippen LogP contribution < -0.4 is 0 Å². The van der Waals surface area contributed by atoms with Crippen molar-refractivity contribution < 1.29 is 28.6 Å². The Morgan fingerprint density at radius 1 is 0.247 bits per heavy atom. The molecular weight excluding hydrogens is 997 g/mol. The van der Waals surface area contributed by atoms with Crippen molar-refractivity contribution in [3.05, 3.63) is 36.5 Å². The predicted molar refractivity (Wildman–Crippen MR) is 353 cm³/mol. The van der Waals surface area contributed by atoms with Gasteiger partial charge in [0.05, 0.1) is 0 Å². The molecule has 6 nitrogen and oxygen atoms in total. The highest BCUT2D eigenvalue weighted by Gasteiger charge is 2.19. The molecule has 0 aliphatic heterocycles. The van der Waals surface area contributed by atoms with E-state index in [1.165, 1.54) is 289 Å². The van der Waals surface area contributed by atoms with Crippen LogP contribution in [0.25, 0.3) is 0 Å². The molecule has 1 unspecified atom stereocenters. The second-order valence-corrected chi connectivity index (χ2v) is 24.9. The lowest BCUT2D eigenvalue weighted by molar-refractivity contribution is -0.167. The Balaban J connectivity index is 4.08. The van der Waals surface area contributed by atoms with E-state index >= 15 is 0 Å². The van der Waals surface area contributed by atoms with Gasteiger partial charge in [0.1, 0.15) is 13.2 Å². The summed E-state index contributed by atoms with van der Waals surface area (Å²) in [5.41, 5.74) is 0. The number of rotatable bonds is 68. The van der Waals surface area contributed by atoms with Crippen molar-refractivity contribution in [3.63, 3.8) is 0 Å². The molecule has 0 heterocycles. The van der Waals surface area contributed by atoms with E-state index in [1.54, 1.807) is 0 Å². The van der Waals surface area contributed by atoms with Gasteiger partial charge in [-0.1, -0.05) is 353 Å². The number of hydrogen-bond donors (Lipinski definition) is 0. The fourth-order valence-electron chi connectivity index (χ4n) is 11.1. The second kappa shape index (κ2) is 70.1. The van der Waals surface area contributed by atoms with Crippen molar-refractivity contribution >= 4 is 17.9 Å². The van der Waals surface area contributed by atoms with Crippen LogP contribution in [0.4, 0.5) is 0 Å². The lowest BCUT2D eigenvalue weighted by Crippen LogP contribution is -2.30.